The van der Waals surface area contributed by atoms with Gasteiger partial charge in [-0.15, -0.1) is 0 Å². The first kappa shape index (κ1) is 21.0. The molecule has 142 valence electrons. The van der Waals surface area contributed by atoms with Crippen LogP contribution in [0.15, 0.2) is 46.8 Å². The second kappa shape index (κ2) is 11.4. The summed E-state index contributed by atoms with van der Waals surface area (Å²) in [5, 5.41) is 7.81. The standard InChI is InChI=1S/C18H23Cl2N3O2S/c1-25-26(24)23-15-6-4-14(5-7-15)3-2-10-21-11-12-22-16-8-9-17(19)18(20)13-16/h4-9,13,21-22,26H,2-3,10-12H2,1H3. The van der Waals surface area contributed by atoms with E-state index >= 15 is 0 Å². The van der Waals surface area contributed by atoms with Crippen molar-refractivity contribution in [3.05, 3.63) is 58.1 Å². The van der Waals surface area contributed by atoms with Gasteiger partial charge < -0.3 is 10.6 Å². The van der Waals surface area contributed by atoms with E-state index in [4.69, 9.17) is 23.2 Å². The molecule has 2 aromatic rings. The number of halogens is 2. The zero-order chi connectivity index (χ0) is 18.8. The third kappa shape index (κ3) is 7.51. The summed E-state index contributed by atoms with van der Waals surface area (Å²) >= 11 is 11.9. The first-order valence-electron chi connectivity index (χ1n) is 8.30. The Morgan fingerprint density at radius 3 is 2.50 bits per heavy atom. The Balaban J connectivity index is 1.60. The van der Waals surface area contributed by atoms with E-state index in [0.717, 1.165) is 38.2 Å². The van der Waals surface area contributed by atoms with Crippen LogP contribution >= 0.6 is 23.2 Å². The minimum absolute atomic E-state index is 0.553. The van der Waals surface area contributed by atoms with Crippen LogP contribution in [0.3, 0.4) is 0 Å². The Hall–Kier alpha value is -1.31. The molecule has 0 saturated heterocycles. The Morgan fingerprint density at radius 1 is 1.04 bits per heavy atom. The number of rotatable bonds is 10. The van der Waals surface area contributed by atoms with Crippen LogP contribution in [0.4, 0.5) is 11.4 Å². The number of nitrogens with zero attached hydrogens (tertiary/aromatic N) is 1. The lowest BCUT2D eigenvalue weighted by molar-refractivity contribution is 0.453. The zero-order valence-electron chi connectivity index (χ0n) is 14.5. The molecule has 0 spiro atoms. The van der Waals surface area contributed by atoms with Crippen molar-refractivity contribution in [2.24, 2.45) is 4.36 Å². The first-order valence-corrected chi connectivity index (χ1v) is 10.2. The molecule has 0 fully saturated rings. The van der Waals surface area contributed by atoms with Crippen molar-refractivity contribution in [2.75, 3.05) is 32.1 Å². The van der Waals surface area contributed by atoms with Crippen molar-refractivity contribution in [2.45, 2.75) is 12.8 Å². The molecule has 0 aliphatic rings. The van der Waals surface area contributed by atoms with Crippen LogP contribution in [0.2, 0.25) is 10.0 Å². The molecule has 2 N–H and O–H groups in total. The third-order valence-corrected chi connectivity index (χ3v) is 5.10. The van der Waals surface area contributed by atoms with Gasteiger partial charge in [-0.1, -0.05) is 35.3 Å². The average Bonchev–Trinajstić information content (AvgIpc) is 2.65. The maximum atomic E-state index is 11.2. The topological polar surface area (TPSA) is 62.7 Å². The average molecular weight is 416 g/mol. The fourth-order valence-corrected chi connectivity index (χ4v) is 3.01. The molecule has 1 atom stereocenters. The number of hydrogen-bond donors (Lipinski definition) is 3. The fraction of sp³-hybridized carbons (Fsp3) is 0.333. The van der Waals surface area contributed by atoms with Crippen LogP contribution in [0, 0.1) is 0 Å². The quantitative estimate of drug-likeness (QED) is 0.395. The van der Waals surface area contributed by atoms with E-state index in [-0.39, 0.29) is 0 Å². The fourth-order valence-electron chi connectivity index (χ4n) is 2.31. The molecule has 5 nitrogen and oxygen atoms in total. The summed E-state index contributed by atoms with van der Waals surface area (Å²) in [4.78, 5) is 0. The lowest BCUT2D eigenvalue weighted by atomic mass is 10.1. The summed E-state index contributed by atoms with van der Waals surface area (Å²) in [6.45, 7) is 2.61. The lowest BCUT2D eigenvalue weighted by Gasteiger charge is -2.09. The molecule has 2 aromatic carbocycles. The minimum Gasteiger partial charge on any atom is -0.384 e. The smallest absolute Gasteiger partial charge is 0.156 e. The van der Waals surface area contributed by atoms with Gasteiger partial charge in [-0.25, -0.2) is 4.21 Å². The normalized spacial score (nSPS) is 12.3. The SMILES string of the molecule is CO[SH](=O)=Nc1ccc(CCCNCCNc2ccc(Cl)c(Cl)c2)cc1. The van der Waals surface area contributed by atoms with Gasteiger partial charge in [0.2, 0.25) is 0 Å². The highest BCUT2D eigenvalue weighted by Crippen LogP contribution is 2.24. The molecule has 0 aromatic heterocycles. The highest BCUT2D eigenvalue weighted by Gasteiger charge is 1.99. The molecular weight excluding hydrogens is 393 g/mol. The Labute approximate surface area is 166 Å². The highest BCUT2D eigenvalue weighted by molar-refractivity contribution is 7.69. The first-order chi connectivity index (χ1) is 12.6. The third-order valence-electron chi connectivity index (χ3n) is 3.66. The van der Waals surface area contributed by atoms with Crippen molar-refractivity contribution in [3.63, 3.8) is 0 Å². The monoisotopic (exact) mass is 415 g/mol. The molecule has 0 saturated carbocycles. The molecule has 0 amide bonds. The number of nitrogens with one attached hydrogen (secondary N) is 2. The molecule has 2 rings (SSSR count). The number of benzene rings is 2. The van der Waals surface area contributed by atoms with Crippen molar-refractivity contribution >= 4 is 45.5 Å². The van der Waals surface area contributed by atoms with Gasteiger partial charge in [0.05, 0.1) is 22.8 Å². The van der Waals surface area contributed by atoms with Crippen LogP contribution in [-0.2, 0) is 21.5 Å². The second-order valence-corrected chi connectivity index (χ2v) is 7.45. The summed E-state index contributed by atoms with van der Waals surface area (Å²) in [6, 6.07) is 13.2. The largest absolute Gasteiger partial charge is 0.384 e. The van der Waals surface area contributed by atoms with E-state index in [1.165, 1.54) is 12.7 Å². The van der Waals surface area contributed by atoms with E-state index in [0.29, 0.717) is 15.7 Å². The van der Waals surface area contributed by atoms with E-state index < -0.39 is 10.9 Å². The molecule has 0 radical (unpaired) electrons. The second-order valence-electron chi connectivity index (χ2n) is 5.60. The molecule has 1 unspecified atom stereocenters. The Bertz CT molecular complexity index is 779. The number of thiol groups is 1. The molecular formula is C18H23Cl2N3O2S. The zero-order valence-corrected chi connectivity index (χ0v) is 17.0. The predicted molar refractivity (Wildman–Crippen MR) is 111 cm³/mol. The van der Waals surface area contributed by atoms with Crippen LogP contribution < -0.4 is 10.6 Å². The van der Waals surface area contributed by atoms with Crippen LogP contribution in [-0.4, -0.2) is 31.0 Å². The van der Waals surface area contributed by atoms with Gasteiger partial charge in [0, 0.05) is 18.8 Å². The molecule has 0 aliphatic heterocycles. The Kier molecular flexibility index (Phi) is 9.22. The summed E-state index contributed by atoms with van der Waals surface area (Å²) in [5.74, 6) is 0. The molecule has 0 bridgehead atoms. The summed E-state index contributed by atoms with van der Waals surface area (Å²) in [7, 11) is -0.581. The number of aryl methyl sites for hydroxylation is 1. The minimum atomic E-state index is -1.96. The van der Waals surface area contributed by atoms with Crippen molar-refractivity contribution in [1.82, 2.24) is 5.32 Å². The number of hydrogen-bond acceptors (Lipinski definition) is 5. The summed E-state index contributed by atoms with van der Waals surface area (Å²) in [6.07, 6.45) is 2.01. The highest BCUT2D eigenvalue weighted by atomic mass is 35.5. The van der Waals surface area contributed by atoms with Gasteiger partial charge in [0.15, 0.2) is 10.9 Å². The van der Waals surface area contributed by atoms with Gasteiger partial charge in [-0.3, -0.25) is 4.18 Å². The summed E-state index contributed by atoms with van der Waals surface area (Å²) < 4.78 is 19.8. The van der Waals surface area contributed by atoms with Gasteiger partial charge in [0.25, 0.3) is 0 Å². The molecule has 0 heterocycles. The van der Waals surface area contributed by atoms with Crippen molar-refractivity contribution in [3.8, 4) is 0 Å². The predicted octanol–water partition coefficient (Wildman–Crippen LogP) is 4.49. The van der Waals surface area contributed by atoms with Crippen molar-refractivity contribution < 1.29 is 8.39 Å². The van der Waals surface area contributed by atoms with Crippen LogP contribution in [0.25, 0.3) is 0 Å². The van der Waals surface area contributed by atoms with Gasteiger partial charge >= 0.3 is 0 Å². The van der Waals surface area contributed by atoms with Gasteiger partial charge in [-0.05, 0) is 55.3 Å². The maximum absolute atomic E-state index is 11.2. The molecule has 26 heavy (non-hydrogen) atoms. The van der Waals surface area contributed by atoms with E-state index in [9.17, 15) is 4.21 Å². The summed E-state index contributed by atoms with van der Waals surface area (Å²) in [5.41, 5.74) is 2.86. The van der Waals surface area contributed by atoms with Crippen LogP contribution in [0.1, 0.15) is 12.0 Å². The molecule has 0 aliphatic carbocycles. The van der Waals surface area contributed by atoms with Crippen molar-refractivity contribution in [1.29, 1.82) is 0 Å². The Morgan fingerprint density at radius 2 is 1.81 bits per heavy atom. The van der Waals surface area contributed by atoms with Crippen LogP contribution in [0.5, 0.6) is 0 Å². The van der Waals surface area contributed by atoms with E-state index in [2.05, 4.69) is 19.2 Å². The maximum Gasteiger partial charge on any atom is 0.156 e. The van der Waals surface area contributed by atoms with Gasteiger partial charge in [-0.2, -0.15) is 4.36 Å². The molecule has 8 heteroatoms. The number of anilines is 1. The lowest BCUT2D eigenvalue weighted by Crippen LogP contribution is -2.23. The van der Waals surface area contributed by atoms with Gasteiger partial charge in [0.1, 0.15) is 0 Å². The van der Waals surface area contributed by atoms with E-state index in [1.807, 2.05) is 36.4 Å². The van der Waals surface area contributed by atoms with E-state index in [1.54, 1.807) is 6.07 Å².